The minimum Gasteiger partial charge on any atom is -0.494 e. The Balaban J connectivity index is 1.58. The molecule has 1 aromatic carbocycles. The number of hydrogen-bond acceptors (Lipinski definition) is 7. The summed E-state index contributed by atoms with van der Waals surface area (Å²) in [7, 11) is 0. The number of carbonyl (C=O) groups excluding carboxylic acids is 2. The monoisotopic (exact) mass is 445 g/mol. The molecular weight excluding hydrogens is 414 g/mol. The number of hydrogen-bond donors (Lipinski definition) is 2. The Morgan fingerprint density at radius 3 is 2.44 bits per heavy atom. The van der Waals surface area contributed by atoms with Crippen LogP contribution in [0.15, 0.2) is 35.5 Å². The summed E-state index contributed by atoms with van der Waals surface area (Å²) >= 11 is 0. The van der Waals surface area contributed by atoms with Crippen molar-refractivity contribution in [2.24, 2.45) is 0 Å². The van der Waals surface area contributed by atoms with Gasteiger partial charge in [0.05, 0.1) is 38.0 Å². The number of amides is 2. The molecule has 3 aliphatic rings. The number of nitrogens with one attached hydrogen (secondary N) is 2. The molecule has 2 fully saturated rings. The van der Waals surface area contributed by atoms with Gasteiger partial charge in [0.15, 0.2) is 5.79 Å². The third kappa shape index (κ3) is 4.90. The Hall–Kier alpha value is -2.62. The lowest BCUT2D eigenvalue weighted by atomic mass is 9.94. The summed E-state index contributed by atoms with van der Waals surface area (Å²) in [5.74, 6) is -0.182. The molecule has 0 aromatic heterocycles. The van der Waals surface area contributed by atoms with E-state index in [4.69, 9.17) is 18.9 Å². The second kappa shape index (κ2) is 9.89. The minimum atomic E-state index is -0.605. The molecule has 3 aliphatic heterocycles. The predicted octanol–water partition coefficient (Wildman–Crippen LogP) is 2.10. The highest BCUT2D eigenvalue weighted by atomic mass is 16.7. The molecule has 2 saturated heterocycles. The quantitative estimate of drug-likeness (QED) is 0.620. The number of piperidine rings is 1. The summed E-state index contributed by atoms with van der Waals surface area (Å²) in [6.45, 7) is 7.69. The van der Waals surface area contributed by atoms with Gasteiger partial charge in [0, 0.05) is 38.2 Å². The number of benzene rings is 1. The van der Waals surface area contributed by atoms with Gasteiger partial charge in [-0.25, -0.2) is 9.59 Å². The van der Waals surface area contributed by atoms with Crippen molar-refractivity contribution in [2.45, 2.75) is 38.5 Å². The van der Waals surface area contributed by atoms with Crippen LogP contribution in [0.4, 0.5) is 4.79 Å². The zero-order valence-electron chi connectivity index (χ0n) is 18.6. The molecule has 0 saturated carbocycles. The molecule has 1 aromatic rings. The molecule has 1 spiro atoms. The highest BCUT2D eigenvalue weighted by Gasteiger charge is 2.41. The second-order valence-corrected chi connectivity index (χ2v) is 8.03. The van der Waals surface area contributed by atoms with Crippen molar-refractivity contribution in [2.75, 3.05) is 46.1 Å². The SMILES string of the molecule is CCOC(=O)C1=C(CN2CCC3(CC2)OCCO3)NC(=O)N[C@@H]1c1ccc(OCC)cc1. The third-order valence-corrected chi connectivity index (χ3v) is 5.99. The fourth-order valence-electron chi connectivity index (χ4n) is 4.43. The zero-order chi connectivity index (χ0) is 22.6. The predicted molar refractivity (Wildman–Crippen MR) is 116 cm³/mol. The lowest BCUT2D eigenvalue weighted by Crippen LogP contribution is -2.51. The van der Waals surface area contributed by atoms with Gasteiger partial charge in [-0.15, -0.1) is 0 Å². The topological polar surface area (TPSA) is 98.4 Å². The summed E-state index contributed by atoms with van der Waals surface area (Å²) in [4.78, 5) is 27.7. The van der Waals surface area contributed by atoms with Crippen LogP contribution < -0.4 is 15.4 Å². The first kappa shape index (κ1) is 22.6. The van der Waals surface area contributed by atoms with E-state index >= 15 is 0 Å². The largest absolute Gasteiger partial charge is 0.494 e. The first-order chi connectivity index (χ1) is 15.5. The Kier molecular flexibility index (Phi) is 6.98. The van der Waals surface area contributed by atoms with E-state index in [2.05, 4.69) is 15.5 Å². The average molecular weight is 446 g/mol. The molecular formula is C23H31N3O6. The van der Waals surface area contributed by atoms with Gasteiger partial charge in [0.1, 0.15) is 5.75 Å². The van der Waals surface area contributed by atoms with Crippen LogP contribution >= 0.6 is 0 Å². The summed E-state index contributed by atoms with van der Waals surface area (Å²) in [5.41, 5.74) is 1.77. The van der Waals surface area contributed by atoms with E-state index in [9.17, 15) is 9.59 Å². The highest BCUT2D eigenvalue weighted by Crippen LogP contribution is 2.33. The van der Waals surface area contributed by atoms with Crippen molar-refractivity contribution in [3.63, 3.8) is 0 Å². The summed E-state index contributed by atoms with van der Waals surface area (Å²) in [6.07, 6.45) is 1.51. The second-order valence-electron chi connectivity index (χ2n) is 8.03. The van der Waals surface area contributed by atoms with Gasteiger partial charge in [0.25, 0.3) is 0 Å². The maximum absolute atomic E-state index is 13.0. The Labute approximate surface area is 188 Å². The molecule has 2 N–H and O–H groups in total. The molecule has 4 rings (SSSR count). The van der Waals surface area contributed by atoms with Gasteiger partial charge in [0.2, 0.25) is 0 Å². The van der Waals surface area contributed by atoms with Gasteiger partial charge in [-0.1, -0.05) is 12.1 Å². The summed E-state index contributed by atoms with van der Waals surface area (Å²) in [5, 5.41) is 5.72. The number of urea groups is 1. The van der Waals surface area contributed by atoms with Gasteiger partial charge in [-0.2, -0.15) is 0 Å². The van der Waals surface area contributed by atoms with Crippen LogP contribution in [-0.4, -0.2) is 68.7 Å². The van der Waals surface area contributed by atoms with E-state index in [0.717, 1.165) is 37.2 Å². The number of ether oxygens (including phenoxy) is 4. The van der Waals surface area contributed by atoms with E-state index in [0.29, 0.717) is 37.6 Å². The third-order valence-electron chi connectivity index (χ3n) is 5.99. The fourth-order valence-corrected chi connectivity index (χ4v) is 4.43. The van der Waals surface area contributed by atoms with Crippen LogP contribution in [-0.2, 0) is 19.0 Å². The van der Waals surface area contributed by atoms with E-state index in [1.165, 1.54) is 0 Å². The molecule has 0 unspecified atom stereocenters. The molecule has 0 bridgehead atoms. The molecule has 9 heteroatoms. The maximum Gasteiger partial charge on any atom is 0.338 e. The molecule has 0 radical (unpaired) electrons. The first-order valence-electron chi connectivity index (χ1n) is 11.2. The molecule has 32 heavy (non-hydrogen) atoms. The van der Waals surface area contributed by atoms with Crippen molar-refractivity contribution < 1.29 is 28.5 Å². The molecule has 1 atom stereocenters. The Bertz CT molecular complexity index is 853. The average Bonchev–Trinajstić information content (AvgIpc) is 3.24. The van der Waals surface area contributed by atoms with E-state index < -0.39 is 17.8 Å². The molecule has 9 nitrogen and oxygen atoms in total. The van der Waals surface area contributed by atoms with E-state index in [1.54, 1.807) is 6.92 Å². The lowest BCUT2D eigenvalue weighted by molar-refractivity contribution is -0.184. The van der Waals surface area contributed by atoms with Crippen molar-refractivity contribution in [3.05, 3.63) is 41.1 Å². The van der Waals surface area contributed by atoms with Crippen LogP contribution in [0.1, 0.15) is 38.3 Å². The van der Waals surface area contributed by atoms with Crippen molar-refractivity contribution in [1.29, 1.82) is 0 Å². The van der Waals surface area contributed by atoms with Crippen molar-refractivity contribution >= 4 is 12.0 Å². The van der Waals surface area contributed by atoms with Crippen LogP contribution in [0.25, 0.3) is 0 Å². The zero-order valence-corrected chi connectivity index (χ0v) is 18.6. The molecule has 0 aliphatic carbocycles. The van der Waals surface area contributed by atoms with Crippen molar-refractivity contribution in [1.82, 2.24) is 15.5 Å². The van der Waals surface area contributed by atoms with Gasteiger partial charge in [-0.3, -0.25) is 4.90 Å². The normalized spacial score (nSPS) is 23.1. The fraction of sp³-hybridized carbons (Fsp3) is 0.565. The van der Waals surface area contributed by atoms with Crippen LogP contribution in [0, 0.1) is 0 Å². The minimum absolute atomic E-state index is 0.250. The first-order valence-corrected chi connectivity index (χ1v) is 11.2. The maximum atomic E-state index is 13.0. The van der Waals surface area contributed by atoms with Gasteiger partial charge < -0.3 is 29.6 Å². The molecule has 3 heterocycles. The van der Waals surface area contributed by atoms with E-state index in [1.807, 2.05) is 31.2 Å². The van der Waals surface area contributed by atoms with Gasteiger partial charge >= 0.3 is 12.0 Å². The van der Waals surface area contributed by atoms with Gasteiger partial charge in [-0.05, 0) is 31.5 Å². The smallest absolute Gasteiger partial charge is 0.338 e. The van der Waals surface area contributed by atoms with Crippen LogP contribution in [0.2, 0.25) is 0 Å². The van der Waals surface area contributed by atoms with Crippen LogP contribution in [0.3, 0.4) is 0 Å². The summed E-state index contributed by atoms with van der Waals surface area (Å²) in [6, 6.07) is 6.44. The Morgan fingerprint density at radius 2 is 1.81 bits per heavy atom. The number of carbonyl (C=O) groups is 2. The number of esters is 1. The number of likely N-dealkylation sites (tertiary alicyclic amines) is 1. The van der Waals surface area contributed by atoms with Crippen LogP contribution in [0.5, 0.6) is 5.75 Å². The summed E-state index contributed by atoms with van der Waals surface area (Å²) < 4.78 is 22.5. The lowest BCUT2D eigenvalue weighted by Gasteiger charge is -2.39. The highest BCUT2D eigenvalue weighted by molar-refractivity contribution is 5.95. The Morgan fingerprint density at radius 1 is 1.12 bits per heavy atom. The van der Waals surface area contributed by atoms with E-state index in [-0.39, 0.29) is 12.6 Å². The molecule has 174 valence electrons. The number of rotatable bonds is 7. The standard InChI is InChI=1S/C23H31N3O6/c1-3-29-17-7-5-16(6-8-17)20-19(21(27)30-4-2)18(24-22(28)25-20)15-26-11-9-23(10-12-26)31-13-14-32-23/h5-8,20H,3-4,9-15H2,1-2H3,(H2,24,25,28)/t20-/m1/s1. The molecule has 2 amide bonds. The van der Waals surface area contributed by atoms with Crippen molar-refractivity contribution in [3.8, 4) is 5.75 Å². The number of nitrogens with zero attached hydrogens (tertiary/aromatic N) is 1.